The minimum absolute atomic E-state index is 0.108. The Balaban J connectivity index is 1.48. The number of aryl methyl sites for hydroxylation is 1. The van der Waals surface area contributed by atoms with Gasteiger partial charge in [0.1, 0.15) is 5.75 Å². The average Bonchev–Trinajstić information content (AvgIpc) is 3.06. The third-order valence-corrected chi connectivity index (χ3v) is 3.77. The number of halogens is 1. The van der Waals surface area contributed by atoms with Gasteiger partial charge < -0.3 is 14.9 Å². The number of carbonyl (C=O) groups is 1. The molecule has 1 amide bonds. The summed E-state index contributed by atoms with van der Waals surface area (Å²) < 4.78 is 5.21. The second-order valence-corrected chi connectivity index (χ2v) is 5.90. The predicted octanol–water partition coefficient (Wildman–Crippen LogP) is 4.06. The lowest BCUT2D eigenvalue weighted by molar-refractivity contribution is -0.116. The van der Waals surface area contributed by atoms with E-state index in [-0.39, 0.29) is 11.7 Å². The third-order valence-electron chi connectivity index (χ3n) is 3.52. The van der Waals surface area contributed by atoms with Gasteiger partial charge in [-0.1, -0.05) is 16.8 Å². The van der Waals surface area contributed by atoms with Gasteiger partial charge >= 0.3 is 0 Å². The molecule has 25 heavy (non-hydrogen) atoms. The quantitative estimate of drug-likeness (QED) is 0.649. The molecular weight excluding hydrogens is 342 g/mol. The molecule has 0 atom stereocenters. The molecule has 0 aliphatic carbocycles. The zero-order valence-corrected chi connectivity index (χ0v) is 14.0. The molecule has 0 saturated heterocycles. The highest BCUT2D eigenvalue weighted by atomic mass is 35.5. The maximum atomic E-state index is 11.9. The van der Waals surface area contributed by atoms with Crippen LogP contribution in [0.2, 0.25) is 5.02 Å². The summed E-state index contributed by atoms with van der Waals surface area (Å²) >= 11 is 5.85. The standard InChI is InChI=1S/C18H16ClN3O3/c19-13-6-4-12(5-7-13)18-21-17(25-22-18)3-1-2-16(24)20-14-8-10-15(23)11-9-14/h4-11,23H,1-3H2,(H,20,24). The van der Waals surface area contributed by atoms with Gasteiger partial charge in [0.25, 0.3) is 0 Å². The summed E-state index contributed by atoms with van der Waals surface area (Å²) in [6, 6.07) is 13.5. The Morgan fingerprint density at radius 2 is 1.84 bits per heavy atom. The third kappa shape index (κ3) is 4.81. The SMILES string of the molecule is O=C(CCCc1nc(-c2ccc(Cl)cc2)no1)Nc1ccc(O)cc1. The van der Waals surface area contributed by atoms with E-state index in [1.54, 1.807) is 24.3 Å². The Hall–Kier alpha value is -2.86. The highest BCUT2D eigenvalue weighted by Crippen LogP contribution is 2.19. The van der Waals surface area contributed by atoms with Crippen molar-refractivity contribution in [2.24, 2.45) is 0 Å². The van der Waals surface area contributed by atoms with E-state index >= 15 is 0 Å². The second-order valence-electron chi connectivity index (χ2n) is 5.47. The fourth-order valence-corrected chi connectivity index (χ4v) is 2.37. The van der Waals surface area contributed by atoms with Crippen molar-refractivity contribution in [3.63, 3.8) is 0 Å². The van der Waals surface area contributed by atoms with Crippen LogP contribution in [-0.4, -0.2) is 21.2 Å². The number of phenols is 1. The summed E-state index contributed by atoms with van der Waals surface area (Å²) in [7, 11) is 0. The minimum atomic E-state index is -0.108. The zero-order valence-electron chi connectivity index (χ0n) is 13.3. The van der Waals surface area contributed by atoms with E-state index in [9.17, 15) is 9.90 Å². The zero-order chi connectivity index (χ0) is 17.6. The maximum Gasteiger partial charge on any atom is 0.226 e. The number of phenolic OH excluding ortho intramolecular Hbond substituents is 1. The van der Waals surface area contributed by atoms with E-state index in [4.69, 9.17) is 16.1 Å². The van der Waals surface area contributed by atoms with Gasteiger partial charge in [0, 0.05) is 29.1 Å². The van der Waals surface area contributed by atoms with Crippen LogP contribution >= 0.6 is 11.6 Å². The van der Waals surface area contributed by atoms with Crippen molar-refractivity contribution < 1.29 is 14.4 Å². The van der Waals surface area contributed by atoms with Crippen LogP contribution in [0, 0.1) is 0 Å². The molecule has 0 unspecified atom stereocenters. The molecule has 0 fully saturated rings. The Morgan fingerprint density at radius 1 is 1.12 bits per heavy atom. The van der Waals surface area contributed by atoms with Crippen LogP contribution in [0.3, 0.4) is 0 Å². The van der Waals surface area contributed by atoms with Crippen LogP contribution < -0.4 is 5.32 Å². The molecule has 0 radical (unpaired) electrons. The molecule has 0 bridgehead atoms. The number of nitrogens with zero attached hydrogens (tertiary/aromatic N) is 2. The number of aromatic hydroxyl groups is 1. The largest absolute Gasteiger partial charge is 0.508 e. The molecule has 3 aromatic rings. The minimum Gasteiger partial charge on any atom is -0.508 e. The van der Waals surface area contributed by atoms with Crippen molar-refractivity contribution in [1.29, 1.82) is 0 Å². The summed E-state index contributed by atoms with van der Waals surface area (Å²) in [5, 5.41) is 16.6. The predicted molar refractivity (Wildman–Crippen MR) is 94.4 cm³/mol. The van der Waals surface area contributed by atoms with Crippen LogP contribution in [-0.2, 0) is 11.2 Å². The van der Waals surface area contributed by atoms with Crippen LogP contribution in [0.15, 0.2) is 53.1 Å². The van der Waals surface area contributed by atoms with Crippen LogP contribution in [0.25, 0.3) is 11.4 Å². The molecule has 2 aromatic carbocycles. The fraction of sp³-hybridized carbons (Fsp3) is 0.167. The van der Waals surface area contributed by atoms with Gasteiger partial charge in [0.2, 0.25) is 17.6 Å². The molecular formula is C18H16ClN3O3. The first-order valence-corrected chi connectivity index (χ1v) is 8.15. The van der Waals surface area contributed by atoms with Gasteiger partial charge in [-0.05, 0) is 55.0 Å². The van der Waals surface area contributed by atoms with E-state index < -0.39 is 0 Å². The molecule has 128 valence electrons. The lowest BCUT2D eigenvalue weighted by atomic mass is 10.2. The lowest BCUT2D eigenvalue weighted by Gasteiger charge is -2.04. The Kier molecular flexibility index (Phi) is 5.30. The van der Waals surface area contributed by atoms with Crippen LogP contribution in [0.5, 0.6) is 5.75 Å². The van der Waals surface area contributed by atoms with Crippen molar-refractivity contribution in [2.75, 3.05) is 5.32 Å². The highest BCUT2D eigenvalue weighted by molar-refractivity contribution is 6.30. The van der Waals surface area contributed by atoms with E-state index in [1.807, 2.05) is 12.1 Å². The number of rotatable bonds is 6. The number of anilines is 1. The normalized spacial score (nSPS) is 10.6. The first kappa shape index (κ1) is 17.0. The number of nitrogens with one attached hydrogen (secondary N) is 1. The Morgan fingerprint density at radius 3 is 2.56 bits per heavy atom. The molecule has 1 heterocycles. The van der Waals surface area contributed by atoms with Gasteiger partial charge in [-0.25, -0.2) is 0 Å². The van der Waals surface area contributed by atoms with Gasteiger partial charge in [0.05, 0.1) is 0 Å². The maximum absolute atomic E-state index is 11.9. The summed E-state index contributed by atoms with van der Waals surface area (Å²) in [6.07, 6.45) is 1.44. The van der Waals surface area contributed by atoms with Crippen molar-refractivity contribution in [1.82, 2.24) is 10.1 Å². The number of hydrogen-bond acceptors (Lipinski definition) is 5. The molecule has 7 heteroatoms. The van der Waals surface area contributed by atoms with Crippen molar-refractivity contribution >= 4 is 23.2 Å². The Bertz CT molecular complexity index is 845. The van der Waals surface area contributed by atoms with Crippen LogP contribution in [0.1, 0.15) is 18.7 Å². The van der Waals surface area contributed by atoms with E-state index in [1.165, 1.54) is 12.1 Å². The molecule has 0 saturated carbocycles. The first-order valence-electron chi connectivity index (χ1n) is 7.77. The first-order chi connectivity index (χ1) is 12.1. The average molecular weight is 358 g/mol. The number of aromatic nitrogens is 2. The molecule has 2 N–H and O–H groups in total. The molecule has 0 spiro atoms. The molecule has 1 aromatic heterocycles. The van der Waals surface area contributed by atoms with Gasteiger partial charge in [-0.2, -0.15) is 4.98 Å². The van der Waals surface area contributed by atoms with Crippen molar-refractivity contribution in [2.45, 2.75) is 19.3 Å². The van der Waals surface area contributed by atoms with Crippen molar-refractivity contribution in [3.8, 4) is 17.1 Å². The molecule has 6 nitrogen and oxygen atoms in total. The lowest BCUT2D eigenvalue weighted by Crippen LogP contribution is -2.11. The summed E-state index contributed by atoms with van der Waals surface area (Å²) in [4.78, 5) is 16.2. The van der Waals surface area contributed by atoms with E-state index in [2.05, 4.69) is 15.5 Å². The molecule has 0 aliphatic heterocycles. The number of carbonyl (C=O) groups excluding carboxylic acids is 1. The van der Waals surface area contributed by atoms with Gasteiger partial charge in [0.15, 0.2) is 0 Å². The summed E-state index contributed by atoms with van der Waals surface area (Å²) in [5.74, 6) is 1.04. The van der Waals surface area contributed by atoms with Gasteiger partial charge in [-0.3, -0.25) is 4.79 Å². The van der Waals surface area contributed by atoms with E-state index in [0.29, 0.717) is 41.7 Å². The number of hydrogen-bond donors (Lipinski definition) is 2. The van der Waals surface area contributed by atoms with Gasteiger partial charge in [-0.15, -0.1) is 0 Å². The highest BCUT2D eigenvalue weighted by Gasteiger charge is 2.10. The number of benzene rings is 2. The molecule has 0 aliphatic rings. The topological polar surface area (TPSA) is 88.2 Å². The monoisotopic (exact) mass is 357 g/mol. The molecule has 3 rings (SSSR count). The van der Waals surface area contributed by atoms with E-state index in [0.717, 1.165) is 5.56 Å². The Labute approximate surface area is 149 Å². The van der Waals surface area contributed by atoms with Crippen LogP contribution in [0.4, 0.5) is 5.69 Å². The second kappa shape index (κ2) is 7.81. The fourth-order valence-electron chi connectivity index (χ4n) is 2.24. The summed E-state index contributed by atoms with van der Waals surface area (Å²) in [5.41, 5.74) is 1.47. The van der Waals surface area contributed by atoms with Crippen molar-refractivity contribution in [3.05, 3.63) is 59.4 Å². The summed E-state index contributed by atoms with van der Waals surface area (Å²) in [6.45, 7) is 0. The smallest absolute Gasteiger partial charge is 0.226 e. The number of amides is 1.